The fraction of sp³-hybridized carbons (Fsp3) is 0.797. The number of rotatable bonds is 55. The van der Waals surface area contributed by atoms with Gasteiger partial charge in [0.15, 0.2) is 6.10 Å². The minimum atomic E-state index is -0.785. The van der Waals surface area contributed by atoms with E-state index in [1.165, 1.54) is 180 Å². The van der Waals surface area contributed by atoms with Crippen molar-refractivity contribution in [3.63, 3.8) is 0 Å². The lowest BCUT2D eigenvalue weighted by Crippen LogP contribution is -2.30. The first kappa shape index (κ1) is 67.1. The average Bonchev–Trinajstić information content (AvgIpc) is 3.36. The Hall–Kier alpha value is -2.89. The lowest BCUT2D eigenvalue weighted by molar-refractivity contribution is -0.167. The van der Waals surface area contributed by atoms with Gasteiger partial charge in [-0.3, -0.25) is 14.4 Å². The van der Waals surface area contributed by atoms with E-state index < -0.39 is 6.10 Å². The molecule has 0 spiro atoms. The van der Waals surface area contributed by atoms with Crippen LogP contribution in [0.25, 0.3) is 0 Å². The van der Waals surface area contributed by atoms with Gasteiger partial charge in [-0.15, -0.1) is 0 Å². The second-order valence-corrected chi connectivity index (χ2v) is 20.2. The van der Waals surface area contributed by atoms with Gasteiger partial charge in [-0.05, 0) is 83.5 Å². The van der Waals surface area contributed by atoms with Crippen LogP contribution in [0, 0.1) is 0 Å². The lowest BCUT2D eigenvalue weighted by atomic mass is 10.0. The third-order valence-electron chi connectivity index (χ3n) is 13.3. The minimum Gasteiger partial charge on any atom is -0.462 e. The van der Waals surface area contributed by atoms with Crippen LogP contribution < -0.4 is 0 Å². The van der Waals surface area contributed by atoms with Crippen molar-refractivity contribution >= 4 is 17.9 Å². The first-order valence-corrected chi connectivity index (χ1v) is 30.3. The summed E-state index contributed by atoms with van der Waals surface area (Å²) in [6.45, 7) is 6.53. The Bertz CT molecular complexity index is 1260. The van der Waals surface area contributed by atoms with Crippen molar-refractivity contribution in [3.05, 3.63) is 60.8 Å². The lowest BCUT2D eigenvalue weighted by Gasteiger charge is -2.18. The van der Waals surface area contributed by atoms with Crippen LogP contribution in [0.3, 0.4) is 0 Å². The number of hydrogen-bond acceptors (Lipinski definition) is 6. The highest BCUT2D eigenvalue weighted by atomic mass is 16.6. The third-order valence-corrected chi connectivity index (χ3v) is 13.3. The zero-order valence-electron chi connectivity index (χ0n) is 46.5. The molecule has 0 fully saturated rings. The summed E-state index contributed by atoms with van der Waals surface area (Å²) in [5.74, 6) is -0.899. The predicted molar refractivity (Wildman–Crippen MR) is 302 cm³/mol. The molecule has 0 saturated carbocycles. The van der Waals surface area contributed by atoms with Gasteiger partial charge in [0.2, 0.25) is 0 Å². The Morgan fingerprint density at radius 3 is 0.886 bits per heavy atom. The van der Waals surface area contributed by atoms with Gasteiger partial charge in [-0.25, -0.2) is 0 Å². The van der Waals surface area contributed by atoms with Crippen LogP contribution in [-0.2, 0) is 28.6 Å². The first-order chi connectivity index (χ1) is 34.5. The zero-order valence-corrected chi connectivity index (χ0v) is 46.5. The third kappa shape index (κ3) is 56.0. The van der Waals surface area contributed by atoms with Gasteiger partial charge in [-0.1, -0.05) is 268 Å². The van der Waals surface area contributed by atoms with Crippen molar-refractivity contribution in [2.75, 3.05) is 13.2 Å². The molecule has 0 bridgehead atoms. The molecule has 1 unspecified atom stereocenters. The number of hydrogen-bond donors (Lipinski definition) is 0. The molecule has 0 aromatic heterocycles. The van der Waals surface area contributed by atoms with Crippen molar-refractivity contribution in [2.24, 2.45) is 0 Å². The van der Waals surface area contributed by atoms with E-state index in [0.717, 1.165) is 89.9 Å². The molecule has 0 heterocycles. The molecule has 1 atom stereocenters. The summed E-state index contributed by atoms with van der Waals surface area (Å²) in [5.41, 5.74) is 0. The van der Waals surface area contributed by atoms with Crippen LogP contribution in [-0.4, -0.2) is 37.2 Å². The van der Waals surface area contributed by atoms with Gasteiger partial charge in [0.1, 0.15) is 13.2 Å². The first-order valence-electron chi connectivity index (χ1n) is 30.3. The van der Waals surface area contributed by atoms with Crippen LogP contribution in [0.15, 0.2) is 60.8 Å². The summed E-state index contributed by atoms with van der Waals surface area (Å²) in [7, 11) is 0. The monoisotopic (exact) mass is 979 g/mol. The van der Waals surface area contributed by atoms with Crippen LogP contribution in [0.5, 0.6) is 0 Å². The molecule has 0 saturated heterocycles. The molecule has 0 rings (SSSR count). The van der Waals surface area contributed by atoms with Crippen LogP contribution in [0.4, 0.5) is 0 Å². The van der Waals surface area contributed by atoms with Gasteiger partial charge in [-0.2, -0.15) is 0 Å². The molecule has 0 aliphatic carbocycles. The minimum absolute atomic E-state index is 0.0819. The maximum absolute atomic E-state index is 12.9. The average molecular weight is 980 g/mol. The molecular weight excluding hydrogens is 865 g/mol. The summed E-state index contributed by atoms with van der Waals surface area (Å²) < 4.78 is 16.9. The summed E-state index contributed by atoms with van der Waals surface area (Å²) >= 11 is 0. The maximum atomic E-state index is 12.9. The van der Waals surface area contributed by atoms with E-state index in [1.54, 1.807) is 0 Å². The fourth-order valence-corrected chi connectivity index (χ4v) is 8.72. The van der Waals surface area contributed by atoms with Gasteiger partial charge < -0.3 is 14.2 Å². The second-order valence-electron chi connectivity index (χ2n) is 20.2. The fourth-order valence-electron chi connectivity index (χ4n) is 8.72. The second kappa shape index (κ2) is 58.7. The molecule has 6 heteroatoms. The Kier molecular flexibility index (Phi) is 56.3. The standard InChI is InChI=1S/C64H114O6/c1-4-7-10-13-16-19-22-25-27-29-30-31-32-33-34-35-37-39-42-45-48-51-54-57-63(66)69-60-61(59-68-62(65)56-53-50-47-44-41-38-24-21-18-15-12-9-6-3)70-64(67)58-55-52-49-46-43-40-36-28-26-23-20-17-14-11-8-5-2/h9,12,18,21-22,25,29-30,38,41,61H,4-8,10-11,13-17,19-20,23-24,26-28,31-37,39-40,42-60H2,1-3H3/b12-9-,21-18-,25-22-,30-29-,41-38-. The largest absolute Gasteiger partial charge is 0.462 e. The zero-order chi connectivity index (χ0) is 50.7. The van der Waals surface area contributed by atoms with Gasteiger partial charge in [0.25, 0.3) is 0 Å². The number of allylic oxidation sites excluding steroid dienone is 10. The Balaban J connectivity index is 4.31. The summed E-state index contributed by atoms with van der Waals surface area (Å²) in [6, 6.07) is 0. The van der Waals surface area contributed by atoms with E-state index in [4.69, 9.17) is 14.2 Å². The van der Waals surface area contributed by atoms with E-state index in [-0.39, 0.29) is 31.1 Å². The molecular formula is C64H114O6. The summed E-state index contributed by atoms with van der Waals surface area (Å²) in [5, 5.41) is 0. The van der Waals surface area contributed by atoms with E-state index in [2.05, 4.69) is 81.5 Å². The number of esters is 3. The molecule has 6 nitrogen and oxygen atoms in total. The van der Waals surface area contributed by atoms with Crippen molar-refractivity contribution in [2.45, 2.75) is 316 Å². The molecule has 0 aliphatic heterocycles. The number of carbonyl (C=O) groups excluding carboxylic acids is 3. The smallest absolute Gasteiger partial charge is 0.306 e. The van der Waals surface area contributed by atoms with Crippen molar-refractivity contribution in [1.82, 2.24) is 0 Å². The van der Waals surface area contributed by atoms with Crippen LogP contribution in [0.1, 0.15) is 310 Å². The van der Waals surface area contributed by atoms with E-state index in [0.29, 0.717) is 19.3 Å². The molecule has 0 amide bonds. The number of ether oxygens (including phenoxy) is 3. The summed E-state index contributed by atoms with van der Waals surface area (Å²) in [6.07, 6.45) is 73.7. The van der Waals surface area contributed by atoms with Gasteiger partial charge >= 0.3 is 17.9 Å². The topological polar surface area (TPSA) is 78.9 Å². The summed E-state index contributed by atoms with van der Waals surface area (Å²) in [4.78, 5) is 38.2. The Morgan fingerprint density at radius 2 is 0.557 bits per heavy atom. The quantitative estimate of drug-likeness (QED) is 0.0261. The van der Waals surface area contributed by atoms with E-state index in [1.807, 2.05) is 0 Å². The Labute approximate surface area is 434 Å². The molecule has 0 aliphatic rings. The van der Waals surface area contributed by atoms with Gasteiger partial charge in [0.05, 0.1) is 0 Å². The van der Waals surface area contributed by atoms with Crippen molar-refractivity contribution < 1.29 is 28.6 Å². The molecule has 406 valence electrons. The molecule has 0 aromatic carbocycles. The van der Waals surface area contributed by atoms with E-state index >= 15 is 0 Å². The van der Waals surface area contributed by atoms with E-state index in [9.17, 15) is 14.4 Å². The molecule has 0 radical (unpaired) electrons. The Morgan fingerprint density at radius 1 is 0.300 bits per heavy atom. The van der Waals surface area contributed by atoms with Gasteiger partial charge in [0, 0.05) is 19.3 Å². The van der Waals surface area contributed by atoms with Crippen LogP contribution >= 0.6 is 0 Å². The highest BCUT2D eigenvalue weighted by molar-refractivity contribution is 5.71. The molecule has 70 heavy (non-hydrogen) atoms. The predicted octanol–water partition coefficient (Wildman–Crippen LogP) is 20.4. The SMILES string of the molecule is CC/C=C\C/C=C\C/C=C\CCCCCC(=O)OCC(COC(=O)CCCCCCCCCCCCC/C=C\C/C=C\CCCCCCC)OC(=O)CCCCCCCCCCCCCCCCCC. The number of unbranched alkanes of at least 4 members (excludes halogenated alkanes) is 34. The normalized spacial score (nSPS) is 12.4. The molecule has 0 N–H and O–H groups in total. The maximum Gasteiger partial charge on any atom is 0.306 e. The highest BCUT2D eigenvalue weighted by Crippen LogP contribution is 2.17. The van der Waals surface area contributed by atoms with Crippen LogP contribution in [0.2, 0.25) is 0 Å². The van der Waals surface area contributed by atoms with Crippen molar-refractivity contribution in [3.8, 4) is 0 Å². The number of carbonyl (C=O) groups is 3. The molecule has 0 aromatic rings. The highest BCUT2D eigenvalue weighted by Gasteiger charge is 2.19. The van der Waals surface area contributed by atoms with Crippen molar-refractivity contribution in [1.29, 1.82) is 0 Å².